The van der Waals surface area contributed by atoms with Crippen LogP contribution in [0, 0.1) is 5.92 Å². The van der Waals surface area contributed by atoms with E-state index in [1.54, 1.807) is 12.3 Å². The van der Waals surface area contributed by atoms with Gasteiger partial charge in [0.25, 0.3) is 0 Å². The molecule has 1 aliphatic rings. The Morgan fingerprint density at radius 3 is 2.65 bits per heavy atom. The largest absolute Gasteiger partial charge is 0.465 e. The van der Waals surface area contributed by atoms with Crippen LogP contribution in [0.5, 0.6) is 0 Å². The van der Waals surface area contributed by atoms with E-state index in [1.807, 2.05) is 27.7 Å². The van der Waals surface area contributed by atoms with Crippen LogP contribution in [0.1, 0.15) is 50.2 Å². The van der Waals surface area contributed by atoms with Gasteiger partial charge < -0.3 is 5.11 Å². The van der Waals surface area contributed by atoms with E-state index in [1.165, 1.54) is 4.90 Å². The van der Waals surface area contributed by atoms with E-state index < -0.39 is 6.09 Å². The molecule has 0 fully saturated rings. The lowest BCUT2D eigenvalue weighted by Gasteiger charge is -2.18. The molecule has 1 aliphatic heterocycles. The number of ketones is 1. The number of rotatable bonds is 3. The SMILES string of the molecule is CC(C)CC(=O)c1cc2c(cn1)C(C)(C)CN2C(=O)O. The molecule has 2 heterocycles. The van der Waals surface area contributed by atoms with Crippen molar-refractivity contribution in [1.29, 1.82) is 0 Å². The molecule has 0 radical (unpaired) electrons. The second kappa shape index (κ2) is 4.89. The number of carbonyl (C=O) groups excluding carboxylic acids is 1. The third-order valence-electron chi connectivity index (χ3n) is 3.57. The fraction of sp³-hybridized carbons (Fsp3) is 0.533. The van der Waals surface area contributed by atoms with E-state index >= 15 is 0 Å². The zero-order valence-electron chi connectivity index (χ0n) is 12.3. The Kier molecular flexibility index (Phi) is 3.54. The summed E-state index contributed by atoms with van der Waals surface area (Å²) in [5, 5.41) is 9.29. The number of amides is 1. The molecule has 108 valence electrons. The maximum absolute atomic E-state index is 12.1. The third kappa shape index (κ3) is 2.53. The molecule has 5 nitrogen and oxygen atoms in total. The number of Topliss-reactive ketones (excluding diaryl/α,β-unsaturated/α-hetero) is 1. The van der Waals surface area contributed by atoms with E-state index in [0.29, 0.717) is 24.3 Å². The molecule has 0 saturated carbocycles. The fourth-order valence-corrected chi connectivity index (χ4v) is 2.55. The first-order valence-corrected chi connectivity index (χ1v) is 6.76. The Balaban J connectivity index is 2.42. The summed E-state index contributed by atoms with van der Waals surface area (Å²) < 4.78 is 0. The number of fused-ring (bicyclic) bond motifs is 1. The first-order chi connectivity index (χ1) is 9.22. The van der Waals surface area contributed by atoms with Crippen LogP contribution in [0.2, 0.25) is 0 Å². The molecule has 0 aliphatic carbocycles. The first-order valence-electron chi connectivity index (χ1n) is 6.76. The van der Waals surface area contributed by atoms with Crippen molar-refractivity contribution < 1.29 is 14.7 Å². The Morgan fingerprint density at radius 1 is 1.45 bits per heavy atom. The van der Waals surface area contributed by atoms with Crippen LogP contribution in [0.3, 0.4) is 0 Å². The number of hydrogen-bond donors (Lipinski definition) is 1. The van der Waals surface area contributed by atoms with E-state index in [9.17, 15) is 14.7 Å². The third-order valence-corrected chi connectivity index (χ3v) is 3.57. The number of anilines is 1. The lowest BCUT2D eigenvalue weighted by molar-refractivity contribution is 0.0963. The predicted octanol–water partition coefficient (Wildman–Crippen LogP) is 3.09. The second-order valence-corrected chi connectivity index (χ2v) is 6.36. The smallest absolute Gasteiger partial charge is 0.411 e. The number of hydrogen-bond acceptors (Lipinski definition) is 3. The Hall–Kier alpha value is -1.91. The lowest BCUT2D eigenvalue weighted by atomic mass is 9.88. The number of pyridine rings is 1. The van der Waals surface area contributed by atoms with E-state index in [4.69, 9.17) is 0 Å². The van der Waals surface area contributed by atoms with Gasteiger partial charge in [-0.15, -0.1) is 0 Å². The van der Waals surface area contributed by atoms with Crippen molar-refractivity contribution >= 4 is 17.6 Å². The molecule has 0 spiro atoms. The quantitative estimate of drug-likeness (QED) is 0.861. The average molecular weight is 276 g/mol. The summed E-state index contributed by atoms with van der Waals surface area (Å²) in [4.78, 5) is 28.9. The van der Waals surface area contributed by atoms with Gasteiger partial charge in [-0.2, -0.15) is 0 Å². The summed E-state index contributed by atoms with van der Waals surface area (Å²) >= 11 is 0. The van der Waals surface area contributed by atoms with Gasteiger partial charge in [0.2, 0.25) is 0 Å². The van der Waals surface area contributed by atoms with Crippen molar-refractivity contribution in [1.82, 2.24) is 4.98 Å². The van der Waals surface area contributed by atoms with Gasteiger partial charge in [0.15, 0.2) is 5.78 Å². The van der Waals surface area contributed by atoms with Gasteiger partial charge in [0.05, 0.1) is 5.69 Å². The van der Waals surface area contributed by atoms with E-state index in [2.05, 4.69) is 4.98 Å². The monoisotopic (exact) mass is 276 g/mol. The number of aromatic nitrogens is 1. The van der Waals surface area contributed by atoms with Gasteiger partial charge in [-0.25, -0.2) is 4.79 Å². The highest BCUT2D eigenvalue weighted by Crippen LogP contribution is 2.40. The molecule has 0 bridgehead atoms. The highest BCUT2D eigenvalue weighted by Gasteiger charge is 2.38. The van der Waals surface area contributed by atoms with Gasteiger partial charge >= 0.3 is 6.09 Å². The predicted molar refractivity (Wildman–Crippen MR) is 76.4 cm³/mol. The minimum absolute atomic E-state index is 0.0437. The molecule has 20 heavy (non-hydrogen) atoms. The number of carboxylic acid groups (broad SMARTS) is 1. The summed E-state index contributed by atoms with van der Waals surface area (Å²) in [6, 6.07) is 1.61. The molecule has 0 unspecified atom stereocenters. The van der Waals surface area contributed by atoms with Crippen LogP contribution >= 0.6 is 0 Å². The Morgan fingerprint density at radius 2 is 2.10 bits per heavy atom. The summed E-state index contributed by atoms with van der Waals surface area (Å²) in [6.07, 6.45) is 1.07. The number of carbonyl (C=O) groups is 2. The highest BCUT2D eigenvalue weighted by atomic mass is 16.4. The maximum Gasteiger partial charge on any atom is 0.411 e. The van der Waals surface area contributed by atoms with Crippen LogP contribution in [0.25, 0.3) is 0 Å². The molecule has 0 saturated heterocycles. The van der Waals surface area contributed by atoms with Crippen molar-refractivity contribution in [3.63, 3.8) is 0 Å². The molecule has 1 aromatic rings. The standard InChI is InChI=1S/C15H20N2O3/c1-9(2)5-13(18)11-6-12-10(7-16-11)15(3,4)8-17(12)14(19)20/h6-7,9H,5,8H2,1-4H3,(H,19,20). The molecule has 1 N–H and O–H groups in total. The van der Waals surface area contributed by atoms with Gasteiger partial charge in [-0.05, 0) is 12.0 Å². The van der Waals surface area contributed by atoms with Crippen molar-refractivity contribution in [2.24, 2.45) is 5.92 Å². The maximum atomic E-state index is 12.1. The highest BCUT2D eigenvalue weighted by molar-refractivity contribution is 5.97. The Labute approximate surface area is 118 Å². The van der Waals surface area contributed by atoms with Crippen LogP contribution < -0.4 is 4.90 Å². The average Bonchev–Trinajstić information content (AvgIpc) is 2.60. The van der Waals surface area contributed by atoms with E-state index in [-0.39, 0.29) is 17.1 Å². The van der Waals surface area contributed by atoms with Gasteiger partial charge in [-0.1, -0.05) is 27.7 Å². The lowest BCUT2D eigenvalue weighted by Crippen LogP contribution is -2.32. The Bertz CT molecular complexity index is 564. The fourth-order valence-electron chi connectivity index (χ4n) is 2.55. The molecule has 0 atom stereocenters. The molecule has 2 rings (SSSR count). The molecular formula is C15H20N2O3. The second-order valence-electron chi connectivity index (χ2n) is 6.36. The van der Waals surface area contributed by atoms with Crippen molar-refractivity contribution in [3.8, 4) is 0 Å². The van der Waals surface area contributed by atoms with Crippen molar-refractivity contribution in [3.05, 3.63) is 23.5 Å². The summed E-state index contributed by atoms with van der Waals surface area (Å²) in [5.74, 6) is 0.211. The van der Waals surface area contributed by atoms with Gasteiger partial charge in [-0.3, -0.25) is 14.7 Å². The van der Waals surface area contributed by atoms with Gasteiger partial charge in [0.1, 0.15) is 5.69 Å². The first kappa shape index (κ1) is 14.5. The van der Waals surface area contributed by atoms with Gasteiger partial charge in [0, 0.05) is 30.1 Å². The molecule has 1 amide bonds. The topological polar surface area (TPSA) is 70.5 Å². The zero-order valence-corrected chi connectivity index (χ0v) is 12.3. The summed E-state index contributed by atoms with van der Waals surface area (Å²) in [5.41, 5.74) is 1.53. The molecule has 5 heteroatoms. The number of nitrogens with zero attached hydrogens (tertiary/aromatic N) is 2. The van der Waals surface area contributed by atoms with Crippen molar-refractivity contribution in [2.75, 3.05) is 11.4 Å². The molecule has 0 aromatic carbocycles. The minimum atomic E-state index is -0.995. The van der Waals surface area contributed by atoms with Crippen LogP contribution in [0.4, 0.5) is 10.5 Å². The van der Waals surface area contributed by atoms with Crippen LogP contribution in [-0.2, 0) is 5.41 Å². The summed E-state index contributed by atoms with van der Waals surface area (Å²) in [6.45, 7) is 8.29. The van der Waals surface area contributed by atoms with Crippen molar-refractivity contribution in [2.45, 2.75) is 39.5 Å². The van der Waals surface area contributed by atoms with Crippen LogP contribution in [0.15, 0.2) is 12.3 Å². The summed E-state index contributed by atoms with van der Waals surface area (Å²) in [7, 11) is 0. The molecular weight excluding hydrogens is 256 g/mol. The van der Waals surface area contributed by atoms with Crippen LogP contribution in [-0.4, -0.2) is 28.5 Å². The minimum Gasteiger partial charge on any atom is -0.465 e. The van der Waals surface area contributed by atoms with E-state index in [0.717, 1.165) is 5.56 Å². The normalized spacial score (nSPS) is 16.4. The zero-order chi connectivity index (χ0) is 15.1. The molecule has 1 aromatic heterocycles.